The first-order valence-electron chi connectivity index (χ1n) is 9.97. The van der Waals surface area contributed by atoms with E-state index in [1.807, 2.05) is 35.2 Å². The number of ether oxygens (including phenoxy) is 1. The number of esters is 1. The van der Waals surface area contributed by atoms with E-state index >= 15 is 0 Å². The fourth-order valence-corrected chi connectivity index (χ4v) is 3.40. The zero-order chi connectivity index (χ0) is 20.2. The van der Waals surface area contributed by atoms with Gasteiger partial charge in [0.05, 0.1) is 13.7 Å². The van der Waals surface area contributed by atoms with Gasteiger partial charge in [0, 0.05) is 38.1 Å². The standard InChI is InChI=1S/C23H29NO4/c1-28-23(27)14-7-2-3-8-17-24-20(12-9-13-22(24)26)15-16-21(25)18-19-10-5-4-6-11-19/h4-6,10-11,20H,2,7,9,12-18H2,1H3. The molecular weight excluding hydrogens is 354 g/mol. The molecule has 1 aromatic carbocycles. The van der Waals surface area contributed by atoms with Gasteiger partial charge in [-0.05, 0) is 31.2 Å². The monoisotopic (exact) mass is 383 g/mol. The van der Waals surface area contributed by atoms with Crippen LogP contribution < -0.4 is 0 Å². The number of hydrogen-bond donors (Lipinski definition) is 0. The highest BCUT2D eigenvalue weighted by Crippen LogP contribution is 2.22. The molecule has 0 aliphatic carbocycles. The fourth-order valence-electron chi connectivity index (χ4n) is 3.40. The lowest BCUT2D eigenvalue weighted by Crippen LogP contribution is -2.44. The van der Waals surface area contributed by atoms with Crippen molar-refractivity contribution in [3.8, 4) is 11.8 Å². The van der Waals surface area contributed by atoms with Crippen molar-refractivity contribution in [3.63, 3.8) is 0 Å². The minimum atomic E-state index is -0.228. The molecule has 28 heavy (non-hydrogen) atoms. The molecule has 1 aromatic rings. The van der Waals surface area contributed by atoms with Crippen molar-refractivity contribution in [2.45, 2.75) is 63.8 Å². The molecule has 0 bridgehead atoms. The number of amides is 1. The van der Waals surface area contributed by atoms with Crippen LogP contribution in [-0.2, 0) is 25.5 Å². The average molecular weight is 383 g/mol. The molecule has 0 spiro atoms. The summed E-state index contributed by atoms with van der Waals surface area (Å²) in [6.45, 7) is 0.397. The normalized spacial score (nSPS) is 16.2. The highest BCUT2D eigenvalue weighted by Gasteiger charge is 2.27. The van der Waals surface area contributed by atoms with Crippen molar-refractivity contribution in [3.05, 3.63) is 35.9 Å². The number of methoxy groups -OCH3 is 1. The fraction of sp³-hybridized carbons (Fsp3) is 0.522. The Hall–Kier alpha value is -2.61. The van der Waals surface area contributed by atoms with Gasteiger partial charge in [0.1, 0.15) is 5.78 Å². The maximum atomic E-state index is 12.3. The van der Waals surface area contributed by atoms with Gasteiger partial charge in [-0.15, -0.1) is 5.92 Å². The third kappa shape index (κ3) is 7.56. The Kier molecular flexibility index (Phi) is 9.27. The molecule has 1 atom stereocenters. The molecule has 1 amide bonds. The molecule has 5 nitrogen and oxygen atoms in total. The van der Waals surface area contributed by atoms with Gasteiger partial charge < -0.3 is 9.64 Å². The summed E-state index contributed by atoms with van der Waals surface area (Å²) < 4.78 is 4.60. The number of ketones is 1. The second-order valence-corrected chi connectivity index (χ2v) is 7.09. The summed E-state index contributed by atoms with van der Waals surface area (Å²) in [6.07, 6.45) is 5.60. The quantitative estimate of drug-likeness (QED) is 0.373. The van der Waals surface area contributed by atoms with Crippen molar-refractivity contribution in [2.24, 2.45) is 0 Å². The molecule has 1 unspecified atom stereocenters. The molecule has 1 saturated heterocycles. The van der Waals surface area contributed by atoms with Gasteiger partial charge in [-0.3, -0.25) is 14.4 Å². The van der Waals surface area contributed by atoms with E-state index in [1.165, 1.54) is 7.11 Å². The zero-order valence-corrected chi connectivity index (χ0v) is 16.6. The van der Waals surface area contributed by atoms with Gasteiger partial charge in [0.15, 0.2) is 0 Å². The van der Waals surface area contributed by atoms with E-state index in [2.05, 4.69) is 16.6 Å². The topological polar surface area (TPSA) is 63.7 Å². The van der Waals surface area contributed by atoms with E-state index in [0.29, 0.717) is 51.5 Å². The first-order chi connectivity index (χ1) is 13.6. The Bertz CT molecular complexity index is 717. The number of piperidine rings is 1. The molecule has 0 saturated carbocycles. The second-order valence-electron chi connectivity index (χ2n) is 7.09. The molecule has 0 aromatic heterocycles. The first kappa shape index (κ1) is 21.7. The zero-order valence-electron chi connectivity index (χ0n) is 16.6. The van der Waals surface area contributed by atoms with E-state index in [0.717, 1.165) is 18.4 Å². The third-order valence-corrected chi connectivity index (χ3v) is 4.97. The molecule has 2 rings (SSSR count). The molecule has 1 aliphatic heterocycles. The molecule has 1 fully saturated rings. The number of nitrogens with zero attached hydrogens (tertiary/aromatic N) is 1. The Morgan fingerprint density at radius 1 is 1.18 bits per heavy atom. The summed E-state index contributed by atoms with van der Waals surface area (Å²) >= 11 is 0. The number of carbonyl (C=O) groups is 3. The summed E-state index contributed by atoms with van der Waals surface area (Å²) in [5.74, 6) is 6.18. The lowest BCUT2D eigenvalue weighted by molar-refractivity contribution is -0.140. The SMILES string of the molecule is COC(=O)CCCC#CCN1C(=O)CCCC1CCC(=O)Cc1ccccc1. The minimum Gasteiger partial charge on any atom is -0.469 e. The smallest absolute Gasteiger partial charge is 0.305 e. The van der Waals surface area contributed by atoms with Gasteiger partial charge in [-0.25, -0.2) is 0 Å². The highest BCUT2D eigenvalue weighted by molar-refractivity contribution is 5.81. The molecule has 150 valence electrons. The van der Waals surface area contributed by atoms with Crippen LogP contribution in [0.2, 0.25) is 0 Å². The summed E-state index contributed by atoms with van der Waals surface area (Å²) in [7, 11) is 1.38. The van der Waals surface area contributed by atoms with Crippen LogP contribution in [0.25, 0.3) is 0 Å². The van der Waals surface area contributed by atoms with E-state index in [-0.39, 0.29) is 23.7 Å². The van der Waals surface area contributed by atoms with E-state index in [9.17, 15) is 14.4 Å². The van der Waals surface area contributed by atoms with Crippen LogP contribution in [0.1, 0.15) is 56.9 Å². The van der Waals surface area contributed by atoms with Crippen molar-refractivity contribution >= 4 is 17.7 Å². The van der Waals surface area contributed by atoms with Crippen molar-refractivity contribution in [2.75, 3.05) is 13.7 Å². The molecule has 1 aliphatic rings. The van der Waals surface area contributed by atoms with Crippen molar-refractivity contribution in [1.82, 2.24) is 4.90 Å². The Labute approximate surface area is 167 Å². The number of carbonyl (C=O) groups excluding carboxylic acids is 3. The number of hydrogen-bond acceptors (Lipinski definition) is 4. The largest absolute Gasteiger partial charge is 0.469 e. The Morgan fingerprint density at radius 2 is 1.96 bits per heavy atom. The van der Waals surface area contributed by atoms with Crippen LogP contribution in [0, 0.1) is 11.8 Å². The van der Waals surface area contributed by atoms with E-state index < -0.39 is 0 Å². The van der Waals surface area contributed by atoms with Gasteiger partial charge in [-0.2, -0.15) is 0 Å². The summed E-state index contributed by atoms with van der Waals surface area (Å²) in [4.78, 5) is 37.5. The van der Waals surface area contributed by atoms with Crippen molar-refractivity contribution in [1.29, 1.82) is 0 Å². The van der Waals surface area contributed by atoms with Gasteiger partial charge in [0.2, 0.25) is 5.91 Å². The minimum absolute atomic E-state index is 0.0883. The highest BCUT2D eigenvalue weighted by atomic mass is 16.5. The number of rotatable bonds is 9. The molecule has 5 heteroatoms. The lowest BCUT2D eigenvalue weighted by Gasteiger charge is -2.34. The van der Waals surface area contributed by atoms with Crippen LogP contribution in [0.5, 0.6) is 0 Å². The van der Waals surface area contributed by atoms with Crippen molar-refractivity contribution < 1.29 is 19.1 Å². The van der Waals surface area contributed by atoms with Crippen LogP contribution in [-0.4, -0.2) is 42.3 Å². The average Bonchev–Trinajstić information content (AvgIpc) is 2.70. The molecular formula is C23H29NO4. The number of unbranched alkanes of at least 4 members (excludes halogenated alkanes) is 1. The van der Waals surface area contributed by atoms with Crippen LogP contribution in [0.4, 0.5) is 0 Å². The first-order valence-corrected chi connectivity index (χ1v) is 9.97. The van der Waals surface area contributed by atoms with E-state index in [4.69, 9.17) is 0 Å². The molecule has 0 N–H and O–H groups in total. The van der Waals surface area contributed by atoms with E-state index in [1.54, 1.807) is 0 Å². The van der Waals surface area contributed by atoms with Gasteiger partial charge >= 0.3 is 5.97 Å². The predicted molar refractivity (Wildman–Crippen MR) is 107 cm³/mol. The maximum Gasteiger partial charge on any atom is 0.305 e. The molecule has 1 heterocycles. The predicted octanol–water partition coefficient (Wildman–Crippen LogP) is 3.31. The summed E-state index contributed by atoms with van der Waals surface area (Å²) in [6, 6.07) is 9.83. The van der Waals surface area contributed by atoms with Gasteiger partial charge in [0.25, 0.3) is 0 Å². The maximum absolute atomic E-state index is 12.3. The third-order valence-electron chi connectivity index (χ3n) is 4.97. The molecule has 0 radical (unpaired) electrons. The van der Waals surface area contributed by atoms with Crippen LogP contribution in [0.15, 0.2) is 30.3 Å². The lowest BCUT2D eigenvalue weighted by atomic mass is 9.95. The van der Waals surface area contributed by atoms with Crippen LogP contribution >= 0.6 is 0 Å². The summed E-state index contributed by atoms with van der Waals surface area (Å²) in [5, 5.41) is 0. The number of likely N-dealkylation sites (tertiary alicyclic amines) is 1. The number of Topliss-reactive ketones (excluding diaryl/α,β-unsaturated/α-hetero) is 1. The van der Waals surface area contributed by atoms with Crippen LogP contribution in [0.3, 0.4) is 0 Å². The summed E-state index contributed by atoms with van der Waals surface area (Å²) in [5.41, 5.74) is 1.03. The number of benzene rings is 1. The Balaban J connectivity index is 1.78. The Morgan fingerprint density at radius 3 is 2.71 bits per heavy atom. The van der Waals surface area contributed by atoms with Gasteiger partial charge in [-0.1, -0.05) is 36.3 Å². The second kappa shape index (κ2) is 12.0.